The van der Waals surface area contributed by atoms with Crippen LogP contribution in [0.1, 0.15) is 0 Å². The molecule has 0 atom stereocenters. The Morgan fingerprint density at radius 1 is 0.545 bits per heavy atom. The first kappa shape index (κ1) is 29.9. The van der Waals surface area contributed by atoms with Crippen molar-refractivity contribution in [3.8, 4) is 0 Å². The zero-order valence-corrected chi connectivity index (χ0v) is 18.3. The van der Waals surface area contributed by atoms with Gasteiger partial charge in [0.15, 0.2) is 0 Å². The van der Waals surface area contributed by atoms with E-state index in [1.807, 2.05) is 0 Å². The van der Waals surface area contributed by atoms with Gasteiger partial charge in [-0.05, 0) is 0 Å². The van der Waals surface area contributed by atoms with E-state index >= 15 is 0 Å². The van der Waals surface area contributed by atoms with E-state index in [2.05, 4.69) is 0 Å². The molecule has 0 saturated heterocycles. The van der Waals surface area contributed by atoms with Crippen molar-refractivity contribution in [2.75, 3.05) is 0 Å². The molecular formula is H2Cl6Na3ORh. The van der Waals surface area contributed by atoms with Crippen LogP contribution in [0, 0.1) is 0 Å². The molecule has 0 heterocycles. The van der Waals surface area contributed by atoms with Gasteiger partial charge < -0.3 is 5.48 Å². The van der Waals surface area contributed by atoms with Gasteiger partial charge in [-0.3, -0.25) is 0 Å². The quantitative estimate of drug-likeness (QED) is 0.362. The average Bonchev–Trinajstić information content (AvgIpc) is 0.592. The Balaban J connectivity index is -0.0000000300. The second-order valence-electron chi connectivity index (χ2n) is 0.714. The maximum atomic E-state index is 5.04. The summed E-state index contributed by atoms with van der Waals surface area (Å²) in [7, 11) is 30.2. The third kappa shape index (κ3) is 96.0. The Labute approximate surface area is 155 Å². The minimum absolute atomic E-state index is 0. The van der Waals surface area contributed by atoms with Crippen LogP contribution in [0.25, 0.3) is 0 Å². The molecule has 11 heavy (non-hydrogen) atoms. The third-order valence-corrected chi connectivity index (χ3v) is 0. The van der Waals surface area contributed by atoms with Crippen molar-refractivity contribution in [1.29, 1.82) is 0 Å². The molecule has 11 heteroatoms. The van der Waals surface area contributed by atoms with Gasteiger partial charge in [0.25, 0.3) is 0 Å². The van der Waals surface area contributed by atoms with E-state index in [1.165, 1.54) is 0 Å². The molecule has 0 saturated carbocycles. The summed E-state index contributed by atoms with van der Waals surface area (Å²) < 4.78 is 0. The minimum Gasteiger partial charge on any atom is 1.00 e. The van der Waals surface area contributed by atoms with E-state index in [0.29, 0.717) is 0 Å². The van der Waals surface area contributed by atoms with Crippen LogP contribution in [-0.4, -0.2) is 5.48 Å². The van der Waals surface area contributed by atoms with Crippen molar-refractivity contribution in [3.05, 3.63) is 0 Å². The molecule has 0 radical (unpaired) electrons. The van der Waals surface area contributed by atoms with Crippen molar-refractivity contribution in [1.82, 2.24) is 0 Å². The summed E-state index contributed by atoms with van der Waals surface area (Å²) in [4.78, 5) is 0. The first-order valence-corrected chi connectivity index (χ1v) is 13.4. The molecule has 0 aliphatic heterocycles. The average molecular weight is 403 g/mol. The number of rotatable bonds is 0. The van der Waals surface area contributed by atoms with Gasteiger partial charge in [0.1, 0.15) is 0 Å². The van der Waals surface area contributed by atoms with Crippen LogP contribution < -0.4 is 88.7 Å². The molecule has 0 unspecified atom stereocenters. The molecule has 0 aromatic carbocycles. The predicted molar refractivity (Wildman–Crippen MR) is 38.7 cm³/mol. The van der Waals surface area contributed by atoms with Gasteiger partial charge >= 0.3 is 153 Å². The van der Waals surface area contributed by atoms with Crippen LogP contribution in [-0.2, 0) is 6.48 Å². The zero-order valence-electron chi connectivity index (χ0n) is 6.10. The molecule has 2 N–H and O–H groups in total. The van der Waals surface area contributed by atoms with Crippen molar-refractivity contribution in [3.63, 3.8) is 0 Å². The zero-order chi connectivity index (χ0) is 6.41. The summed E-state index contributed by atoms with van der Waals surface area (Å²) >= 11 is 0. The molecule has 0 spiro atoms. The Kier molecular flexibility index (Phi) is 20.7. The Hall–Kier alpha value is 5.32. The maximum Gasteiger partial charge on any atom is 1.00 e. The van der Waals surface area contributed by atoms with Crippen LogP contribution >= 0.6 is 58.1 Å². The Morgan fingerprint density at radius 3 is 0.545 bits per heavy atom. The first-order chi connectivity index (χ1) is 2.45. The van der Waals surface area contributed by atoms with Crippen molar-refractivity contribution >= 4 is 58.1 Å². The molecule has 0 aromatic heterocycles. The summed E-state index contributed by atoms with van der Waals surface area (Å²) in [5.41, 5.74) is 0. The summed E-state index contributed by atoms with van der Waals surface area (Å²) in [6, 6.07) is 0. The van der Waals surface area contributed by atoms with Crippen molar-refractivity contribution in [2.45, 2.75) is 0 Å². The van der Waals surface area contributed by atoms with Crippen LogP contribution in [0.2, 0.25) is 0 Å². The largest absolute Gasteiger partial charge is 1.00 e. The first-order valence-electron chi connectivity index (χ1n) is 0.756. The molecular weight excluding hydrogens is 401 g/mol. The molecule has 0 fully saturated rings. The smallest absolute Gasteiger partial charge is 1.00 e. The Bertz CT molecular complexity index is 76.4. The predicted octanol–water partition coefficient (Wildman–Crippen LogP) is -5.68. The fourth-order valence-corrected chi connectivity index (χ4v) is 0. The van der Waals surface area contributed by atoms with Crippen LogP contribution in [0.3, 0.4) is 0 Å². The van der Waals surface area contributed by atoms with E-state index in [4.69, 9.17) is 58.1 Å². The number of hydrogen-bond acceptors (Lipinski definition) is 0. The normalized spacial score (nSPS) is 14.7. The van der Waals surface area contributed by atoms with Gasteiger partial charge in [-0.25, -0.2) is 0 Å². The maximum absolute atomic E-state index is 5.15. The monoisotopic (exact) mass is 400 g/mol. The van der Waals surface area contributed by atoms with Crippen molar-refractivity contribution < 1.29 is 101 Å². The van der Waals surface area contributed by atoms with Crippen LogP contribution in [0.15, 0.2) is 0 Å². The van der Waals surface area contributed by atoms with E-state index in [1.54, 1.807) is 0 Å². The molecule has 0 aliphatic carbocycles. The second-order valence-corrected chi connectivity index (χ2v) is 38.0. The molecule has 0 aromatic rings. The van der Waals surface area contributed by atoms with Gasteiger partial charge in [0.05, 0.1) is 0 Å². The summed E-state index contributed by atoms with van der Waals surface area (Å²) in [5.74, 6) is 0. The fraction of sp³-hybridized carbons (Fsp3) is 0. The summed E-state index contributed by atoms with van der Waals surface area (Å²) in [6.07, 6.45) is 0. The van der Waals surface area contributed by atoms with E-state index in [0.717, 1.165) is 0 Å². The SMILES string of the molecule is O.[Cl][Rh-3]([Cl])([Cl])([Cl])([Cl])[Cl].[Na+].[Na+].[Na+]. The van der Waals surface area contributed by atoms with E-state index in [-0.39, 0.29) is 94.1 Å². The molecule has 0 amide bonds. The van der Waals surface area contributed by atoms with Gasteiger partial charge in [0, 0.05) is 0 Å². The minimum atomic E-state index is -5.15. The van der Waals surface area contributed by atoms with Gasteiger partial charge in [0.2, 0.25) is 0 Å². The second kappa shape index (κ2) is 7.61. The fourth-order valence-electron chi connectivity index (χ4n) is 0. The van der Waals surface area contributed by atoms with Gasteiger partial charge in [-0.1, -0.05) is 0 Å². The van der Waals surface area contributed by atoms with E-state index < -0.39 is 6.48 Å². The van der Waals surface area contributed by atoms with Crippen LogP contribution in [0.4, 0.5) is 0 Å². The third-order valence-electron chi connectivity index (χ3n) is 0. The molecule has 62 valence electrons. The molecule has 0 bridgehead atoms. The van der Waals surface area contributed by atoms with Gasteiger partial charge in [-0.15, -0.1) is 0 Å². The van der Waals surface area contributed by atoms with Gasteiger partial charge in [-0.2, -0.15) is 0 Å². The van der Waals surface area contributed by atoms with Crippen LogP contribution in [0.5, 0.6) is 0 Å². The van der Waals surface area contributed by atoms with E-state index in [9.17, 15) is 0 Å². The molecule has 0 aliphatic rings. The number of halogens is 6. The van der Waals surface area contributed by atoms with Crippen molar-refractivity contribution in [2.24, 2.45) is 0 Å². The summed E-state index contributed by atoms with van der Waals surface area (Å²) in [6.45, 7) is -5.15. The Morgan fingerprint density at radius 2 is 0.545 bits per heavy atom. The standard InChI is InChI=1S/6ClH.3Na.H2O.Rh/h6*1H;;;;1H2;/q;;;;;;3*+1;;+3/p-6. The summed E-state index contributed by atoms with van der Waals surface area (Å²) in [5, 5.41) is 0. The molecule has 1 nitrogen and oxygen atoms in total. The molecule has 0 rings (SSSR count). The number of hydrogen-bond donors (Lipinski definition) is 0. The topological polar surface area (TPSA) is 31.5 Å².